The van der Waals surface area contributed by atoms with Crippen molar-refractivity contribution in [3.63, 3.8) is 0 Å². The lowest BCUT2D eigenvalue weighted by Crippen LogP contribution is -2.55. The quantitative estimate of drug-likeness (QED) is 0.404. The topological polar surface area (TPSA) is 29.5 Å². The SMILES string of the molecule is [CH3][Al]([CH3])[O]C1(c2ccccc2-c2ccccc2C2(O)C3(C)CCC(C3)C2(C)C)C2(C)CCC(C2)C1(C)C. The van der Waals surface area contributed by atoms with Crippen LogP contribution in [-0.2, 0) is 15.0 Å². The second kappa shape index (κ2) is 7.98. The molecule has 37 heavy (non-hydrogen) atoms. The largest absolute Gasteiger partial charge is 0.492 e. The molecule has 0 aromatic heterocycles. The van der Waals surface area contributed by atoms with Gasteiger partial charge in [-0.25, -0.2) is 0 Å². The van der Waals surface area contributed by atoms with Crippen LogP contribution in [0.1, 0.15) is 91.2 Å². The molecule has 4 bridgehead atoms. The number of rotatable bonds is 5. The zero-order valence-corrected chi connectivity index (χ0v) is 25.6. The van der Waals surface area contributed by atoms with E-state index in [2.05, 4.69) is 102 Å². The average molecular weight is 515 g/mol. The molecule has 0 saturated heterocycles. The molecule has 4 aliphatic carbocycles. The molecule has 2 nitrogen and oxygen atoms in total. The lowest BCUT2D eigenvalue weighted by atomic mass is 9.55. The van der Waals surface area contributed by atoms with Gasteiger partial charge in [-0.2, -0.15) is 0 Å². The first-order valence-corrected chi connectivity index (χ1v) is 17.6. The van der Waals surface area contributed by atoms with E-state index >= 15 is 0 Å². The fraction of sp³-hybridized carbons (Fsp3) is 0.647. The maximum Gasteiger partial charge on any atom is 0.454 e. The number of benzene rings is 2. The van der Waals surface area contributed by atoms with Crippen molar-refractivity contribution in [2.45, 2.75) is 103 Å². The van der Waals surface area contributed by atoms with Crippen LogP contribution in [0.4, 0.5) is 0 Å². The maximum atomic E-state index is 12.9. The Morgan fingerprint density at radius 2 is 1.19 bits per heavy atom. The lowest BCUT2D eigenvalue weighted by Gasteiger charge is -2.57. The molecule has 0 spiro atoms. The molecule has 3 heteroatoms. The molecule has 2 aromatic carbocycles. The summed E-state index contributed by atoms with van der Waals surface area (Å²) in [7, 11) is 0. The van der Waals surface area contributed by atoms with Crippen LogP contribution in [0, 0.1) is 33.5 Å². The summed E-state index contributed by atoms with van der Waals surface area (Å²) in [6.07, 6.45) is 7.23. The summed E-state index contributed by atoms with van der Waals surface area (Å²) in [5.74, 6) is 5.92. The van der Waals surface area contributed by atoms with Gasteiger partial charge in [-0.05, 0) is 83.4 Å². The van der Waals surface area contributed by atoms with E-state index < -0.39 is 20.1 Å². The van der Waals surface area contributed by atoms with Crippen LogP contribution in [0.15, 0.2) is 48.5 Å². The van der Waals surface area contributed by atoms with Gasteiger partial charge in [0, 0.05) is 10.8 Å². The minimum Gasteiger partial charge on any atom is -0.492 e. The Labute approximate surface area is 229 Å². The highest BCUT2D eigenvalue weighted by Gasteiger charge is 2.71. The summed E-state index contributed by atoms with van der Waals surface area (Å²) in [4.78, 5) is 0. The fourth-order valence-electron chi connectivity index (χ4n) is 10.6. The molecule has 0 aliphatic heterocycles. The van der Waals surface area contributed by atoms with Gasteiger partial charge in [0.15, 0.2) is 0 Å². The van der Waals surface area contributed by atoms with Crippen LogP contribution in [0.2, 0.25) is 11.6 Å². The highest BCUT2D eigenvalue weighted by molar-refractivity contribution is 6.48. The average Bonchev–Trinajstić information content (AvgIpc) is 3.53. The zero-order valence-electron chi connectivity index (χ0n) is 24.4. The standard InChI is InChI=1S/C32H41O2.2CH3.Al/c1-27(2)21-15-17-29(5,19-21)31(27,33)25-13-9-7-11-23(25)24-12-8-10-14-26(24)32(34)28(3,4)22-16-18-30(32,6)20-22;;;/h7-14,21-22,33H,15-20H2,1-6H3;2*1H3;/q-1;;;+1. The maximum absolute atomic E-state index is 12.9. The molecule has 2 aromatic rings. The summed E-state index contributed by atoms with van der Waals surface area (Å²) in [6, 6.07) is 17.9. The Balaban J connectivity index is 1.61. The minimum absolute atomic E-state index is 0.0525. The van der Waals surface area contributed by atoms with Crippen molar-refractivity contribution in [1.82, 2.24) is 0 Å². The highest BCUT2D eigenvalue weighted by atomic mass is 27.2. The van der Waals surface area contributed by atoms with Gasteiger partial charge in [0.05, 0.1) is 5.60 Å². The van der Waals surface area contributed by atoms with E-state index in [0.717, 1.165) is 18.4 Å². The molecule has 0 heterocycles. The van der Waals surface area contributed by atoms with Gasteiger partial charge in [-0.3, -0.25) is 0 Å². The molecular formula is C34H47AlO2. The van der Waals surface area contributed by atoms with Gasteiger partial charge < -0.3 is 8.90 Å². The third kappa shape index (κ3) is 3.02. The summed E-state index contributed by atoms with van der Waals surface area (Å²) >= 11 is -1.37. The predicted octanol–water partition coefficient (Wildman–Crippen LogP) is 8.70. The van der Waals surface area contributed by atoms with Gasteiger partial charge in [0.2, 0.25) is 0 Å². The molecule has 4 saturated carbocycles. The highest BCUT2D eigenvalue weighted by Crippen LogP contribution is 2.75. The third-order valence-electron chi connectivity index (χ3n) is 12.4. The van der Waals surface area contributed by atoms with Crippen molar-refractivity contribution in [3.05, 3.63) is 59.7 Å². The number of fused-ring (bicyclic) bond motifs is 4. The molecule has 6 atom stereocenters. The first-order valence-electron chi connectivity index (χ1n) is 14.8. The normalized spacial score (nSPS) is 40.9. The summed E-state index contributed by atoms with van der Waals surface area (Å²) < 4.78 is 7.38. The summed E-state index contributed by atoms with van der Waals surface area (Å²) in [5, 5.41) is 12.9. The van der Waals surface area contributed by atoms with Gasteiger partial charge in [0.1, 0.15) is 5.60 Å². The van der Waals surface area contributed by atoms with Crippen molar-refractivity contribution >= 4 is 14.5 Å². The van der Waals surface area contributed by atoms with Crippen molar-refractivity contribution in [2.24, 2.45) is 33.5 Å². The van der Waals surface area contributed by atoms with Crippen LogP contribution in [0.3, 0.4) is 0 Å². The monoisotopic (exact) mass is 514 g/mol. The number of aliphatic hydroxyl groups is 1. The Morgan fingerprint density at radius 3 is 1.70 bits per heavy atom. The van der Waals surface area contributed by atoms with E-state index in [1.54, 1.807) is 0 Å². The molecule has 198 valence electrons. The van der Waals surface area contributed by atoms with Crippen LogP contribution in [0.5, 0.6) is 0 Å². The minimum atomic E-state index is -1.37. The van der Waals surface area contributed by atoms with E-state index in [-0.39, 0.29) is 27.3 Å². The Hall–Kier alpha value is -1.11. The molecule has 0 amide bonds. The van der Waals surface area contributed by atoms with E-state index in [9.17, 15) is 5.11 Å². The van der Waals surface area contributed by atoms with Gasteiger partial charge in [-0.15, -0.1) is 0 Å². The molecular weight excluding hydrogens is 467 g/mol. The van der Waals surface area contributed by atoms with Crippen molar-refractivity contribution < 1.29 is 8.90 Å². The molecule has 1 N–H and O–H groups in total. The van der Waals surface area contributed by atoms with E-state index in [1.807, 2.05) is 0 Å². The number of hydrogen-bond donors (Lipinski definition) is 1. The summed E-state index contributed by atoms with van der Waals surface area (Å²) in [6.45, 7) is 14.5. The first-order chi connectivity index (χ1) is 17.3. The third-order valence-corrected chi connectivity index (χ3v) is 13.2. The molecule has 6 unspecified atom stereocenters. The van der Waals surface area contributed by atoms with E-state index in [4.69, 9.17) is 3.79 Å². The first kappa shape index (κ1) is 26.1. The molecule has 4 aliphatic rings. The van der Waals surface area contributed by atoms with Crippen LogP contribution in [0.25, 0.3) is 11.1 Å². The van der Waals surface area contributed by atoms with Gasteiger partial charge >= 0.3 is 14.5 Å². The van der Waals surface area contributed by atoms with Crippen molar-refractivity contribution in [2.75, 3.05) is 0 Å². The second-order valence-electron chi connectivity index (χ2n) is 15.1. The predicted molar refractivity (Wildman–Crippen MR) is 154 cm³/mol. The van der Waals surface area contributed by atoms with Crippen molar-refractivity contribution in [1.29, 1.82) is 0 Å². The van der Waals surface area contributed by atoms with Crippen molar-refractivity contribution in [3.8, 4) is 11.1 Å². The van der Waals surface area contributed by atoms with E-state index in [0.29, 0.717) is 11.8 Å². The van der Waals surface area contributed by atoms with Crippen LogP contribution >= 0.6 is 0 Å². The van der Waals surface area contributed by atoms with Crippen LogP contribution < -0.4 is 0 Å². The molecule has 4 fully saturated rings. The fourth-order valence-corrected chi connectivity index (χ4v) is 12.0. The van der Waals surface area contributed by atoms with Gasteiger partial charge in [0.25, 0.3) is 0 Å². The Bertz CT molecular complexity index is 1220. The van der Waals surface area contributed by atoms with E-state index in [1.165, 1.54) is 42.4 Å². The molecule has 6 rings (SSSR count). The van der Waals surface area contributed by atoms with Gasteiger partial charge in [-0.1, -0.05) is 102 Å². The Morgan fingerprint density at radius 1 is 0.703 bits per heavy atom. The summed E-state index contributed by atoms with van der Waals surface area (Å²) in [5.41, 5.74) is 3.70. The second-order valence-corrected chi connectivity index (χ2v) is 17.4. The van der Waals surface area contributed by atoms with Crippen LogP contribution in [-0.4, -0.2) is 19.6 Å². The Kier molecular flexibility index (Phi) is 5.63. The lowest BCUT2D eigenvalue weighted by molar-refractivity contribution is -0.150. The smallest absolute Gasteiger partial charge is 0.454 e. The number of hydrogen-bond acceptors (Lipinski definition) is 2. The zero-order chi connectivity index (χ0) is 26.6. The molecule has 0 radical (unpaired) electrons.